The second-order valence-corrected chi connectivity index (χ2v) is 10.0. The van der Waals surface area contributed by atoms with Gasteiger partial charge in [0.2, 0.25) is 10.0 Å². The molecule has 0 spiro atoms. The number of aliphatic carboxylic acids is 1. The van der Waals surface area contributed by atoms with Gasteiger partial charge < -0.3 is 14.7 Å². The Balaban J connectivity index is 1.77. The first-order valence-corrected chi connectivity index (χ1v) is 11.7. The van der Waals surface area contributed by atoms with Crippen LogP contribution in [0.3, 0.4) is 0 Å². The Labute approximate surface area is 194 Å². The molecule has 1 heterocycles. The molecule has 1 fully saturated rings. The summed E-state index contributed by atoms with van der Waals surface area (Å²) in [5.41, 5.74) is 1.65. The van der Waals surface area contributed by atoms with Crippen LogP contribution in [0.5, 0.6) is 5.75 Å². The minimum Gasteiger partial charge on any atom is -0.481 e. The van der Waals surface area contributed by atoms with Crippen LogP contribution in [0.4, 0.5) is 18.9 Å². The summed E-state index contributed by atoms with van der Waals surface area (Å²) in [7, 11) is -3.88. The second-order valence-electron chi connectivity index (χ2n) is 7.73. The Morgan fingerprint density at radius 1 is 1.21 bits per heavy atom. The highest BCUT2D eigenvalue weighted by molar-refractivity contribution is 7.89. The molecular weight excluding hydrogens is 485 g/mol. The number of hydrogen-bond acceptors (Lipinski definition) is 5. The van der Waals surface area contributed by atoms with Crippen molar-refractivity contribution in [3.8, 4) is 5.75 Å². The largest absolute Gasteiger partial charge is 0.573 e. The van der Waals surface area contributed by atoms with Gasteiger partial charge in [-0.25, -0.2) is 8.42 Å². The summed E-state index contributed by atoms with van der Waals surface area (Å²) in [5.74, 6) is -1.57. The predicted molar refractivity (Wildman–Crippen MR) is 116 cm³/mol. The number of carbonyl (C=O) groups is 1. The number of alkyl halides is 3. The number of anilines is 1. The first-order chi connectivity index (χ1) is 15.3. The fraction of sp³-hybridized carbons (Fsp3) is 0.381. The molecular formula is C21H22ClF3N2O5S. The summed E-state index contributed by atoms with van der Waals surface area (Å²) in [4.78, 5) is 12.9. The van der Waals surface area contributed by atoms with E-state index in [1.54, 1.807) is 19.9 Å². The molecule has 1 N–H and O–H groups in total. The van der Waals surface area contributed by atoms with Crippen molar-refractivity contribution in [1.29, 1.82) is 0 Å². The highest BCUT2D eigenvalue weighted by Gasteiger charge is 2.35. The molecule has 0 aromatic heterocycles. The van der Waals surface area contributed by atoms with Crippen LogP contribution < -0.4 is 9.64 Å². The van der Waals surface area contributed by atoms with E-state index in [0.717, 1.165) is 6.07 Å². The van der Waals surface area contributed by atoms with Crippen molar-refractivity contribution in [2.24, 2.45) is 0 Å². The van der Waals surface area contributed by atoms with Crippen molar-refractivity contribution < 1.29 is 36.2 Å². The Kier molecular flexibility index (Phi) is 7.15. The van der Waals surface area contributed by atoms with Crippen LogP contribution in [0.2, 0.25) is 5.02 Å². The molecule has 0 amide bonds. The highest BCUT2D eigenvalue weighted by atomic mass is 35.5. The second kappa shape index (κ2) is 9.40. The number of sulfonamides is 1. The molecule has 1 aliphatic heterocycles. The Morgan fingerprint density at radius 2 is 1.91 bits per heavy atom. The average Bonchev–Trinajstić information content (AvgIpc) is 2.69. The molecule has 1 aliphatic rings. The number of aryl methyl sites for hydroxylation is 1. The summed E-state index contributed by atoms with van der Waals surface area (Å²) in [6, 6.07) is 7.86. The van der Waals surface area contributed by atoms with Crippen LogP contribution in [0.15, 0.2) is 41.3 Å². The number of halogens is 4. The lowest BCUT2D eigenvalue weighted by molar-refractivity contribution is -0.274. The topological polar surface area (TPSA) is 87.2 Å². The van der Waals surface area contributed by atoms with Crippen molar-refractivity contribution in [2.45, 2.75) is 37.6 Å². The Hall–Kier alpha value is -2.50. The van der Waals surface area contributed by atoms with E-state index in [1.165, 1.54) is 28.6 Å². The molecule has 0 radical (unpaired) electrons. The van der Waals surface area contributed by atoms with E-state index in [0.29, 0.717) is 16.8 Å². The molecule has 3 rings (SSSR count). The van der Waals surface area contributed by atoms with Crippen LogP contribution in [-0.2, 0) is 21.2 Å². The minimum absolute atomic E-state index is 0.0151. The molecule has 0 bridgehead atoms. The van der Waals surface area contributed by atoms with Crippen molar-refractivity contribution in [3.05, 3.63) is 52.5 Å². The van der Waals surface area contributed by atoms with Crippen LogP contribution in [-0.4, -0.2) is 55.8 Å². The van der Waals surface area contributed by atoms with Crippen molar-refractivity contribution >= 4 is 33.3 Å². The lowest BCUT2D eigenvalue weighted by Gasteiger charge is -2.40. The van der Waals surface area contributed by atoms with Gasteiger partial charge in [0.05, 0.1) is 16.3 Å². The summed E-state index contributed by atoms with van der Waals surface area (Å²) in [6.07, 6.45) is -5.15. The van der Waals surface area contributed by atoms with Crippen molar-refractivity contribution in [3.63, 3.8) is 0 Å². The van der Waals surface area contributed by atoms with Gasteiger partial charge in [0.1, 0.15) is 5.75 Å². The molecule has 0 aliphatic carbocycles. The monoisotopic (exact) mass is 506 g/mol. The lowest BCUT2D eigenvalue weighted by Crippen LogP contribution is -2.54. The van der Waals surface area contributed by atoms with Crippen molar-refractivity contribution in [2.75, 3.05) is 24.5 Å². The van der Waals surface area contributed by atoms with E-state index < -0.39 is 34.1 Å². The van der Waals surface area contributed by atoms with E-state index in [2.05, 4.69) is 4.74 Å². The number of carboxylic acids is 1. The molecule has 2 aromatic rings. The van der Waals surface area contributed by atoms with Gasteiger partial charge in [0, 0.05) is 31.4 Å². The van der Waals surface area contributed by atoms with Crippen LogP contribution in [0.25, 0.3) is 0 Å². The van der Waals surface area contributed by atoms with Gasteiger partial charge in [-0.1, -0.05) is 17.7 Å². The number of carboxylic acid groups (broad SMARTS) is 1. The van der Waals surface area contributed by atoms with Gasteiger partial charge >= 0.3 is 12.3 Å². The normalized spacial score (nSPS) is 17.8. The zero-order valence-electron chi connectivity index (χ0n) is 17.8. The molecule has 7 nitrogen and oxygen atoms in total. The van der Waals surface area contributed by atoms with Gasteiger partial charge in [0.15, 0.2) is 0 Å². The third-order valence-corrected chi connectivity index (χ3v) is 7.65. The highest BCUT2D eigenvalue weighted by Crippen LogP contribution is 2.34. The average molecular weight is 507 g/mol. The van der Waals surface area contributed by atoms with Crippen molar-refractivity contribution in [1.82, 2.24) is 4.31 Å². The van der Waals surface area contributed by atoms with Gasteiger partial charge in [-0.3, -0.25) is 4.79 Å². The van der Waals surface area contributed by atoms with Gasteiger partial charge in [-0.05, 0) is 55.3 Å². The molecule has 12 heteroatoms. The zero-order chi connectivity index (χ0) is 24.6. The van der Waals surface area contributed by atoms with Gasteiger partial charge in [-0.2, -0.15) is 4.31 Å². The number of rotatable bonds is 6. The summed E-state index contributed by atoms with van der Waals surface area (Å²) < 4.78 is 69.0. The SMILES string of the molecule is Cc1ccc(S(=O)(=O)N2CCN(c3ccc(OC(F)(F)F)c(Cl)c3)C[C@@H]2C)cc1CC(=O)O. The number of hydrogen-bond donors (Lipinski definition) is 1. The smallest absolute Gasteiger partial charge is 0.481 e. The maximum atomic E-state index is 13.2. The fourth-order valence-corrected chi connectivity index (χ4v) is 5.60. The van der Waals surface area contributed by atoms with Crippen LogP contribution >= 0.6 is 11.6 Å². The van der Waals surface area contributed by atoms with Gasteiger partial charge in [0.25, 0.3) is 0 Å². The molecule has 0 unspecified atom stereocenters. The summed E-state index contributed by atoms with van der Waals surface area (Å²) >= 11 is 5.94. The first kappa shape index (κ1) is 25.1. The third kappa shape index (κ3) is 5.90. The number of ether oxygens (including phenoxy) is 1. The van der Waals surface area contributed by atoms with Crippen LogP contribution in [0.1, 0.15) is 18.1 Å². The lowest BCUT2D eigenvalue weighted by atomic mass is 10.1. The predicted octanol–water partition coefficient (Wildman–Crippen LogP) is 4.07. The molecule has 180 valence electrons. The molecule has 1 atom stereocenters. The maximum Gasteiger partial charge on any atom is 0.573 e. The summed E-state index contributed by atoms with van der Waals surface area (Å²) in [6.45, 7) is 4.13. The number of nitrogens with zero attached hydrogens (tertiary/aromatic N) is 2. The quantitative estimate of drug-likeness (QED) is 0.635. The Morgan fingerprint density at radius 3 is 2.48 bits per heavy atom. The van der Waals surface area contributed by atoms with Crippen LogP contribution in [0, 0.1) is 6.92 Å². The number of benzene rings is 2. The van der Waals surface area contributed by atoms with E-state index >= 15 is 0 Å². The molecule has 1 saturated heterocycles. The zero-order valence-corrected chi connectivity index (χ0v) is 19.3. The third-order valence-electron chi connectivity index (χ3n) is 5.34. The van der Waals surface area contributed by atoms with E-state index in [4.69, 9.17) is 16.7 Å². The summed E-state index contributed by atoms with van der Waals surface area (Å²) in [5, 5.41) is 8.86. The Bertz CT molecular complexity index is 1160. The molecule has 33 heavy (non-hydrogen) atoms. The first-order valence-electron chi connectivity index (χ1n) is 9.91. The van der Waals surface area contributed by atoms with Gasteiger partial charge in [-0.15, -0.1) is 13.2 Å². The van der Waals surface area contributed by atoms with E-state index in [-0.39, 0.29) is 36.0 Å². The minimum atomic E-state index is -4.86. The molecule has 2 aromatic carbocycles. The van der Waals surface area contributed by atoms with E-state index in [1.807, 2.05) is 4.90 Å². The fourth-order valence-electron chi connectivity index (χ4n) is 3.72. The standard InChI is InChI=1S/C21H22ClF3N2O5S/c1-13-3-5-17(9-15(13)10-20(28)29)33(30,31)27-8-7-26(12-14(27)2)16-4-6-19(18(22)11-16)32-21(23,24)25/h3-6,9,11,14H,7-8,10,12H2,1-2H3,(H,28,29)/t14-/m0/s1. The number of piperazine rings is 1. The maximum absolute atomic E-state index is 13.2. The van der Waals surface area contributed by atoms with E-state index in [9.17, 15) is 26.4 Å². The molecule has 0 saturated carbocycles.